The zero-order valence-electron chi connectivity index (χ0n) is 36.4. The number of rotatable bonds is 8. The molecule has 0 spiro atoms. The molecule has 0 unspecified atom stereocenters. The summed E-state index contributed by atoms with van der Waals surface area (Å²) in [5, 5.41) is 34.2. The SMILES string of the molecule is CC[C@H]1OC(=O)[C@H](C)[C@@H](O[C@H]2C[C@@](C)(OC)[C@@H](O)[C@H](C)O2)[C@H](C)[C@@H](O[C@@H]2O[C@H](C)C[C@H]3[C@H]2OC(=NC(C)C)N3C)[C@](C)(OC)C[C@@H](C)C(=O)[C@H](C)[C@@H](O)[C@]1(C)O. The van der Waals surface area contributed by atoms with Gasteiger partial charge in [0.25, 0.3) is 6.02 Å². The number of hydrogen-bond donors (Lipinski definition) is 3. The van der Waals surface area contributed by atoms with Gasteiger partial charge >= 0.3 is 5.97 Å². The van der Waals surface area contributed by atoms with Crippen LogP contribution in [-0.2, 0) is 47.5 Å². The van der Waals surface area contributed by atoms with Crippen LogP contribution in [0.3, 0.4) is 0 Å². The minimum atomic E-state index is -1.96. The highest BCUT2D eigenvalue weighted by molar-refractivity contribution is 5.83. The van der Waals surface area contributed by atoms with E-state index in [4.69, 9.17) is 42.9 Å². The molecule has 4 fully saturated rings. The zero-order valence-corrected chi connectivity index (χ0v) is 36.4. The molecule has 18 atom stereocenters. The molecule has 0 amide bonds. The van der Waals surface area contributed by atoms with E-state index in [0.717, 1.165) is 0 Å². The average molecular weight is 801 g/mol. The van der Waals surface area contributed by atoms with Gasteiger partial charge in [0.2, 0.25) is 0 Å². The molecule has 0 aromatic rings. The van der Waals surface area contributed by atoms with Crippen molar-refractivity contribution in [3.63, 3.8) is 0 Å². The molecule has 0 aliphatic carbocycles. The van der Waals surface area contributed by atoms with Gasteiger partial charge in [-0.25, -0.2) is 4.99 Å². The molecule has 0 bridgehead atoms. The van der Waals surface area contributed by atoms with Crippen molar-refractivity contribution in [3.05, 3.63) is 0 Å². The van der Waals surface area contributed by atoms with Crippen molar-refractivity contribution in [2.45, 2.75) is 199 Å². The van der Waals surface area contributed by atoms with Gasteiger partial charge in [0.15, 0.2) is 18.7 Å². The van der Waals surface area contributed by atoms with Crippen molar-refractivity contribution in [2.75, 3.05) is 21.3 Å². The Kier molecular flexibility index (Phi) is 15.1. The monoisotopic (exact) mass is 801 g/mol. The number of carbonyl (C=O) groups excluding carboxylic acids is 2. The Balaban J connectivity index is 1.87. The molecule has 4 saturated heterocycles. The molecule has 4 rings (SSSR count). The summed E-state index contributed by atoms with van der Waals surface area (Å²) in [4.78, 5) is 35.2. The zero-order chi connectivity index (χ0) is 42.2. The lowest BCUT2D eigenvalue weighted by Crippen LogP contribution is -2.61. The average Bonchev–Trinajstić information content (AvgIpc) is 3.44. The van der Waals surface area contributed by atoms with Gasteiger partial charge in [0.05, 0.1) is 53.7 Å². The first-order chi connectivity index (χ1) is 26.0. The van der Waals surface area contributed by atoms with Gasteiger partial charge in [-0.1, -0.05) is 27.7 Å². The van der Waals surface area contributed by atoms with Crippen LogP contribution in [0.5, 0.6) is 0 Å². The Morgan fingerprint density at radius 1 is 0.893 bits per heavy atom. The molecule has 0 radical (unpaired) electrons. The van der Waals surface area contributed by atoms with Crippen molar-refractivity contribution in [1.29, 1.82) is 0 Å². The van der Waals surface area contributed by atoms with E-state index in [1.54, 1.807) is 48.7 Å². The van der Waals surface area contributed by atoms with E-state index in [-0.39, 0.29) is 43.2 Å². The first kappa shape index (κ1) is 46.7. The van der Waals surface area contributed by atoms with Crippen molar-refractivity contribution in [2.24, 2.45) is 28.7 Å². The second-order valence-electron chi connectivity index (χ2n) is 17.9. The van der Waals surface area contributed by atoms with Crippen LogP contribution in [0.4, 0.5) is 0 Å². The fourth-order valence-corrected chi connectivity index (χ4v) is 9.26. The van der Waals surface area contributed by atoms with E-state index >= 15 is 0 Å². The number of aliphatic hydroxyl groups is 3. The molecule has 0 saturated carbocycles. The Morgan fingerprint density at radius 3 is 2.09 bits per heavy atom. The fourth-order valence-electron chi connectivity index (χ4n) is 9.26. The number of fused-ring (bicyclic) bond motifs is 1. The third kappa shape index (κ3) is 9.41. The Labute approximate surface area is 334 Å². The number of carbonyl (C=O) groups is 2. The molecular formula is C41H72N2O13. The number of esters is 1. The molecule has 56 heavy (non-hydrogen) atoms. The first-order valence-corrected chi connectivity index (χ1v) is 20.5. The summed E-state index contributed by atoms with van der Waals surface area (Å²) in [7, 11) is 5.01. The predicted octanol–water partition coefficient (Wildman–Crippen LogP) is 3.61. The summed E-state index contributed by atoms with van der Waals surface area (Å²) >= 11 is 0. The number of ketones is 1. The second-order valence-corrected chi connectivity index (χ2v) is 17.9. The molecule has 3 N–H and O–H groups in total. The molecule has 0 aromatic carbocycles. The number of likely N-dealkylation sites (N-methyl/N-ethyl adjacent to an activating group) is 1. The van der Waals surface area contributed by atoms with Crippen molar-refractivity contribution < 1.29 is 62.8 Å². The standard InChI is InChI=1S/C41H72N2O13/c1-16-28-41(12,48)33(45)23(6)30(44)21(4)18-40(11,50-15)35(56-37-32-27(17-22(5)51-37)43(13)38(55-32)42-20(2)3)24(7)31(25(8)36(47)53-28)54-29-19-39(10,49-14)34(46)26(9)52-29/h20-29,31-35,37,45-46,48H,16-19H2,1-15H3/t21-,22-,23+,24+,25-,26+,27+,28-,29+,31+,32-,33-,34+,35-,37+,39-,40-,41-/m1/s1. The van der Waals surface area contributed by atoms with Crippen LogP contribution >= 0.6 is 0 Å². The normalized spacial score (nSPS) is 48.0. The summed E-state index contributed by atoms with van der Waals surface area (Å²) in [5.41, 5.74) is -4.21. The summed E-state index contributed by atoms with van der Waals surface area (Å²) in [6.07, 6.45) is -7.74. The lowest BCUT2D eigenvalue weighted by atomic mass is 9.74. The van der Waals surface area contributed by atoms with E-state index in [2.05, 4.69) is 0 Å². The maximum absolute atomic E-state index is 14.3. The fraction of sp³-hybridized carbons (Fsp3) is 0.927. The summed E-state index contributed by atoms with van der Waals surface area (Å²) in [6, 6.07) is 0.372. The number of ether oxygens (including phenoxy) is 8. The second kappa shape index (κ2) is 18.1. The molecule has 4 aliphatic rings. The van der Waals surface area contributed by atoms with Gasteiger partial charge in [-0.05, 0) is 74.7 Å². The van der Waals surface area contributed by atoms with E-state index in [1.165, 1.54) is 14.0 Å². The highest BCUT2D eigenvalue weighted by Gasteiger charge is 2.56. The minimum absolute atomic E-state index is 0.0115. The summed E-state index contributed by atoms with van der Waals surface area (Å²) in [5.74, 6) is -4.35. The van der Waals surface area contributed by atoms with Crippen LogP contribution in [-0.4, -0.2) is 150 Å². The van der Waals surface area contributed by atoms with Crippen molar-refractivity contribution >= 4 is 17.8 Å². The maximum atomic E-state index is 14.3. The van der Waals surface area contributed by atoms with Gasteiger partial charge in [0.1, 0.15) is 23.6 Å². The van der Waals surface area contributed by atoms with Crippen LogP contribution in [0.15, 0.2) is 4.99 Å². The predicted molar refractivity (Wildman–Crippen MR) is 207 cm³/mol. The van der Waals surface area contributed by atoms with Gasteiger partial charge in [0, 0.05) is 51.5 Å². The number of methoxy groups -OCH3 is 2. The number of aliphatic hydroxyl groups excluding tert-OH is 2. The van der Waals surface area contributed by atoms with Crippen LogP contribution in [0.1, 0.15) is 109 Å². The molecule has 15 heteroatoms. The molecule has 15 nitrogen and oxygen atoms in total. The van der Waals surface area contributed by atoms with E-state index < -0.39 is 102 Å². The highest BCUT2D eigenvalue weighted by Crippen LogP contribution is 2.43. The smallest absolute Gasteiger partial charge is 0.311 e. The largest absolute Gasteiger partial charge is 0.459 e. The molecule has 4 heterocycles. The molecule has 324 valence electrons. The van der Waals surface area contributed by atoms with Gasteiger partial charge in [-0.2, -0.15) is 0 Å². The molecule has 0 aromatic heterocycles. The number of cyclic esters (lactones) is 1. The van der Waals surface area contributed by atoms with Crippen LogP contribution in [0.25, 0.3) is 0 Å². The third-order valence-corrected chi connectivity index (χ3v) is 13.0. The molecule has 4 aliphatic heterocycles. The topological polar surface area (TPSA) is 184 Å². The van der Waals surface area contributed by atoms with Crippen LogP contribution in [0, 0.1) is 23.7 Å². The number of nitrogens with zero attached hydrogens (tertiary/aromatic N) is 2. The quantitative estimate of drug-likeness (QED) is 0.303. The minimum Gasteiger partial charge on any atom is -0.459 e. The summed E-state index contributed by atoms with van der Waals surface area (Å²) < 4.78 is 51.3. The highest BCUT2D eigenvalue weighted by atomic mass is 16.7. The van der Waals surface area contributed by atoms with Crippen LogP contribution in [0.2, 0.25) is 0 Å². The lowest BCUT2D eigenvalue weighted by Gasteiger charge is -2.49. The van der Waals surface area contributed by atoms with E-state index in [0.29, 0.717) is 12.4 Å². The van der Waals surface area contributed by atoms with Crippen molar-refractivity contribution in [3.8, 4) is 0 Å². The number of hydrogen-bond acceptors (Lipinski definition) is 14. The first-order valence-electron chi connectivity index (χ1n) is 20.5. The van der Waals surface area contributed by atoms with Gasteiger partial charge in [-0.15, -0.1) is 0 Å². The molecular weight excluding hydrogens is 728 g/mol. The number of aliphatic imine (C=N–C) groups is 1. The van der Waals surface area contributed by atoms with E-state index in [1.807, 2.05) is 46.6 Å². The van der Waals surface area contributed by atoms with E-state index in [9.17, 15) is 24.9 Å². The third-order valence-electron chi connectivity index (χ3n) is 13.0. The lowest BCUT2D eigenvalue weighted by molar-refractivity contribution is -0.315. The Hall–Kier alpha value is -1.95. The summed E-state index contributed by atoms with van der Waals surface area (Å²) in [6.45, 7) is 21.3. The Morgan fingerprint density at radius 2 is 1.52 bits per heavy atom. The van der Waals surface area contributed by atoms with Crippen molar-refractivity contribution in [1.82, 2.24) is 4.90 Å². The van der Waals surface area contributed by atoms with Crippen LogP contribution < -0.4 is 0 Å². The van der Waals surface area contributed by atoms with Gasteiger partial charge in [-0.3, -0.25) is 9.59 Å². The number of Topliss-reactive ketones (excluding diaryl/α,β-unsaturated/α-hetero) is 1. The maximum Gasteiger partial charge on any atom is 0.311 e. The Bertz CT molecular complexity index is 1380. The van der Waals surface area contributed by atoms with Gasteiger partial charge < -0.3 is 58.1 Å². The number of amidine groups is 1.